The summed E-state index contributed by atoms with van der Waals surface area (Å²) in [5.41, 5.74) is 7.57. The predicted molar refractivity (Wildman–Crippen MR) is 71.9 cm³/mol. The molecule has 1 aromatic heterocycles. The zero-order chi connectivity index (χ0) is 13.2. The number of hydrogen-bond donors (Lipinski definition) is 3. The van der Waals surface area contributed by atoms with Gasteiger partial charge in [0, 0.05) is 5.56 Å². The van der Waals surface area contributed by atoms with E-state index < -0.39 is 6.10 Å². The van der Waals surface area contributed by atoms with Crippen LogP contribution in [-0.4, -0.2) is 21.9 Å². The Kier molecular flexibility index (Phi) is 3.13. The Balaban J connectivity index is 1.80. The minimum absolute atomic E-state index is 0.286. The van der Waals surface area contributed by atoms with Crippen LogP contribution in [0.15, 0.2) is 30.5 Å². The highest BCUT2D eigenvalue weighted by molar-refractivity contribution is 5.40. The number of anilines is 1. The quantitative estimate of drug-likeness (QED) is 0.787. The molecule has 0 saturated carbocycles. The maximum absolute atomic E-state index is 10.3. The van der Waals surface area contributed by atoms with E-state index in [1.807, 2.05) is 18.2 Å². The van der Waals surface area contributed by atoms with Gasteiger partial charge in [-0.15, -0.1) is 0 Å². The lowest BCUT2D eigenvalue weighted by Gasteiger charge is -2.27. The fraction of sp³-hybridized carbons (Fsp3) is 0.357. The van der Waals surface area contributed by atoms with Gasteiger partial charge in [-0.2, -0.15) is 5.10 Å². The van der Waals surface area contributed by atoms with Crippen LogP contribution < -0.4 is 10.5 Å². The second-order valence-electron chi connectivity index (χ2n) is 4.86. The summed E-state index contributed by atoms with van der Waals surface area (Å²) < 4.78 is 5.62. The fourth-order valence-corrected chi connectivity index (χ4v) is 2.63. The lowest BCUT2D eigenvalue weighted by atomic mass is 9.87. The number of aromatic amines is 1. The number of hydrogen-bond acceptors (Lipinski definition) is 4. The van der Waals surface area contributed by atoms with Gasteiger partial charge in [-0.25, -0.2) is 0 Å². The van der Waals surface area contributed by atoms with Gasteiger partial charge in [0.25, 0.3) is 0 Å². The number of ether oxygens (including phenoxy) is 1. The Morgan fingerprint density at radius 1 is 1.47 bits per heavy atom. The minimum Gasteiger partial charge on any atom is -0.493 e. The number of aromatic nitrogens is 2. The van der Waals surface area contributed by atoms with Crippen LogP contribution >= 0.6 is 0 Å². The van der Waals surface area contributed by atoms with E-state index in [1.54, 1.807) is 6.20 Å². The summed E-state index contributed by atoms with van der Waals surface area (Å²) in [6.07, 6.45) is 2.52. The average molecular weight is 259 g/mol. The molecule has 0 spiro atoms. The molecule has 0 radical (unpaired) electrons. The third-order valence-corrected chi connectivity index (χ3v) is 3.65. The zero-order valence-corrected chi connectivity index (χ0v) is 10.5. The van der Waals surface area contributed by atoms with E-state index in [2.05, 4.69) is 16.3 Å². The lowest BCUT2D eigenvalue weighted by Crippen LogP contribution is -2.16. The van der Waals surface area contributed by atoms with Crippen molar-refractivity contribution in [2.45, 2.75) is 24.9 Å². The summed E-state index contributed by atoms with van der Waals surface area (Å²) in [5.74, 6) is 1.65. The number of nitrogen functional groups attached to an aromatic ring is 1. The first-order valence-corrected chi connectivity index (χ1v) is 6.44. The van der Waals surface area contributed by atoms with Crippen molar-refractivity contribution < 1.29 is 9.84 Å². The number of nitrogens with two attached hydrogens (primary N) is 1. The van der Waals surface area contributed by atoms with E-state index in [9.17, 15) is 5.11 Å². The number of aliphatic hydroxyl groups is 1. The first-order valence-electron chi connectivity index (χ1n) is 6.44. The van der Waals surface area contributed by atoms with Gasteiger partial charge >= 0.3 is 0 Å². The molecule has 19 heavy (non-hydrogen) atoms. The smallest absolute Gasteiger partial charge is 0.124 e. The molecule has 2 aromatic rings. The maximum Gasteiger partial charge on any atom is 0.124 e. The maximum atomic E-state index is 10.3. The second kappa shape index (κ2) is 4.93. The predicted octanol–water partition coefficient (Wildman–Crippen LogP) is 1.98. The first kappa shape index (κ1) is 12.0. The Morgan fingerprint density at radius 3 is 3.11 bits per heavy atom. The van der Waals surface area contributed by atoms with Crippen LogP contribution in [0, 0.1) is 0 Å². The highest BCUT2D eigenvalue weighted by Crippen LogP contribution is 2.39. The first-order chi connectivity index (χ1) is 9.25. The third-order valence-electron chi connectivity index (χ3n) is 3.65. The highest BCUT2D eigenvalue weighted by Gasteiger charge is 2.25. The number of nitrogens with one attached hydrogen (secondary N) is 1. The molecule has 2 unspecified atom stereocenters. The van der Waals surface area contributed by atoms with Crippen molar-refractivity contribution in [3.8, 4) is 5.75 Å². The zero-order valence-electron chi connectivity index (χ0n) is 10.5. The summed E-state index contributed by atoms with van der Waals surface area (Å²) in [6.45, 7) is 0.690. The molecular formula is C14H17N3O2. The number of rotatable bonds is 3. The number of nitrogens with zero attached hydrogens (tertiary/aromatic N) is 1. The monoisotopic (exact) mass is 259 g/mol. The van der Waals surface area contributed by atoms with Crippen LogP contribution in [-0.2, 0) is 0 Å². The molecule has 1 aliphatic heterocycles. The van der Waals surface area contributed by atoms with Gasteiger partial charge in [-0.1, -0.05) is 18.2 Å². The van der Waals surface area contributed by atoms with E-state index in [-0.39, 0.29) is 5.92 Å². The van der Waals surface area contributed by atoms with Gasteiger partial charge < -0.3 is 15.6 Å². The van der Waals surface area contributed by atoms with E-state index in [4.69, 9.17) is 10.5 Å². The van der Waals surface area contributed by atoms with Crippen LogP contribution in [0.4, 0.5) is 5.82 Å². The average Bonchev–Trinajstić information content (AvgIpc) is 2.85. The van der Waals surface area contributed by atoms with Crippen molar-refractivity contribution in [2.24, 2.45) is 0 Å². The molecule has 5 nitrogen and oxygen atoms in total. The van der Waals surface area contributed by atoms with Gasteiger partial charge in [0.1, 0.15) is 11.6 Å². The van der Waals surface area contributed by atoms with Crippen LogP contribution in [0.1, 0.15) is 36.0 Å². The van der Waals surface area contributed by atoms with Gasteiger partial charge in [0.05, 0.1) is 18.9 Å². The molecule has 3 rings (SSSR count). The fourth-order valence-electron chi connectivity index (χ4n) is 2.63. The standard InChI is InChI=1S/C14H17N3O2/c15-14-11(8-16-17-14)12(18)7-9-5-6-19-13-4-2-1-3-10(9)13/h1-4,8-9,12,18H,5-7H2,(H3,15,16,17). The largest absolute Gasteiger partial charge is 0.493 e. The number of aliphatic hydroxyl groups excluding tert-OH is 1. The highest BCUT2D eigenvalue weighted by atomic mass is 16.5. The summed E-state index contributed by atoms with van der Waals surface area (Å²) >= 11 is 0. The molecule has 1 aliphatic rings. The van der Waals surface area contributed by atoms with Crippen LogP contribution in [0.5, 0.6) is 5.75 Å². The van der Waals surface area contributed by atoms with Crippen molar-refractivity contribution in [1.82, 2.24) is 10.2 Å². The number of H-pyrrole nitrogens is 1. The molecule has 2 heterocycles. The van der Waals surface area contributed by atoms with E-state index in [0.29, 0.717) is 24.4 Å². The van der Waals surface area contributed by atoms with Crippen molar-refractivity contribution in [3.05, 3.63) is 41.6 Å². The Hall–Kier alpha value is -2.01. The summed E-state index contributed by atoms with van der Waals surface area (Å²) in [5, 5.41) is 16.8. The topological polar surface area (TPSA) is 84.2 Å². The van der Waals surface area contributed by atoms with Gasteiger partial charge in [-0.05, 0) is 30.4 Å². The second-order valence-corrected chi connectivity index (χ2v) is 4.86. The molecule has 0 aliphatic carbocycles. The molecule has 100 valence electrons. The molecule has 0 amide bonds. The Labute approximate surface area is 111 Å². The van der Waals surface area contributed by atoms with Gasteiger partial charge in [-0.3, -0.25) is 5.10 Å². The van der Waals surface area contributed by atoms with Crippen molar-refractivity contribution in [2.75, 3.05) is 12.3 Å². The van der Waals surface area contributed by atoms with Crippen molar-refractivity contribution in [3.63, 3.8) is 0 Å². The summed E-state index contributed by atoms with van der Waals surface area (Å²) in [6, 6.07) is 8.00. The van der Waals surface area contributed by atoms with Gasteiger partial charge in [0.15, 0.2) is 0 Å². The van der Waals surface area contributed by atoms with E-state index >= 15 is 0 Å². The molecule has 1 aromatic carbocycles. The molecule has 2 atom stereocenters. The van der Waals surface area contributed by atoms with Crippen LogP contribution in [0.3, 0.4) is 0 Å². The van der Waals surface area contributed by atoms with Gasteiger partial charge in [0.2, 0.25) is 0 Å². The van der Waals surface area contributed by atoms with Crippen molar-refractivity contribution in [1.29, 1.82) is 0 Å². The summed E-state index contributed by atoms with van der Waals surface area (Å²) in [7, 11) is 0. The molecule has 0 fully saturated rings. The number of fused-ring (bicyclic) bond motifs is 1. The molecule has 0 bridgehead atoms. The van der Waals surface area contributed by atoms with E-state index in [0.717, 1.165) is 17.7 Å². The van der Waals surface area contributed by atoms with Crippen LogP contribution in [0.2, 0.25) is 0 Å². The Bertz CT molecular complexity index is 567. The summed E-state index contributed by atoms with van der Waals surface area (Å²) in [4.78, 5) is 0. The van der Waals surface area contributed by atoms with E-state index in [1.165, 1.54) is 0 Å². The number of para-hydroxylation sites is 1. The minimum atomic E-state index is -0.602. The third kappa shape index (κ3) is 2.29. The molecule has 4 N–H and O–H groups in total. The SMILES string of the molecule is Nc1[nH]ncc1C(O)CC1CCOc2ccccc21. The molecular weight excluding hydrogens is 242 g/mol. The van der Waals surface area contributed by atoms with Crippen molar-refractivity contribution >= 4 is 5.82 Å². The number of benzene rings is 1. The molecule has 0 saturated heterocycles. The lowest BCUT2D eigenvalue weighted by molar-refractivity contribution is 0.145. The molecule has 5 heteroatoms. The Morgan fingerprint density at radius 2 is 2.32 bits per heavy atom. The van der Waals surface area contributed by atoms with Crippen LogP contribution in [0.25, 0.3) is 0 Å². The normalized spacial score (nSPS) is 19.5.